The number of carbonyl (C=O) groups is 1. The van der Waals surface area contributed by atoms with Gasteiger partial charge in [0.1, 0.15) is 11.6 Å². The van der Waals surface area contributed by atoms with Crippen LogP contribution in [0.4, 0.5) is 5.82 Å². The molecule has 1 aliphatic rings. The van der Waals surface area contributed by atoms with Gasteiger partial charge >= 0.3 is 5.97 Å². The van der Waals surface area contributed by atoms with E-state index in [-0.39, 0.29) is 0 Å². The third-order valence-corrected chi connectivity index (χ3v) is 4.61. The van der Waals surface area contributed by atoms with Gasteiger partial charge in [0, 0.05) is 19.2 Å². The molecule has 2 N–H and O–H groups in total. The molecule has 1 aliphatic carbocycles. The smallest absolute Gasteiger partial charge is 0.303 e. The maximum atomic E-state index is 10.7. The Kier molecular flexibility index (Phi) is 5.88. The number of pyridine rings is 1. The zero-order valence-corrected chi connectivity index (χ0v) is 14.2. The van der Waals surface area contributed by atoms with Gasteiger partial charge in [0.15, 0.2) is 0 Å². The van der Waals surface area contributed by atoms with E-state index in [1.165, 1.54) is 5.56 Å². The van der Waals surface area contributed by atoms with Crippen molar-refractivity contribution in [2.45, 2.75) is 31.6 Å². The van der Waals surface area contributed by atoms with Gasteiger partial charge in [0.2, 0.25) is 0 Å². The molecule has 0 bridgehead atoms. The molecule has 1 aromatic carbocycles. The maximum Gasteiger partial charge on any atom is 0.303 e. The van der Waals surface area contributed by atoms with Gasteiger partial charge in [-0.3, -0.25) is 4.79 Å². The van der Waals surface area contributed by atoms with Crippen molar-refractivity contribution in [3.63, 3.8) is 0 Å². The molecule has 0 saturated heterocycles. The van der Waals surface area contributed by atoms with Crippen LogP contribution in [-0.4, -0.2) is 29.2 Å². The third-order valence-electron chi connectivity index (χ3n) is 4.61. The number of benzene rings is 1. The Morgan fingerprint density at radius 3 is 2.68 bits per heavy atom. The second kappa shape index (κ2) is 8.51. The van der Waals surface area contributed by atoms with Crippen LogP contribution in [0.1, 0.15) is 37.2 Å². The molecule has 0 unspecified atom stereocenters. The first kappa shape index (κ1) is 17.3. The van der Waals surface area contributed by atoms with E-state index in [0.717, 1.165) is 37.4 Å². The lowest BCUT2D eigenvalue weighted by Gasteiger charge is -2.34. The lowest BCUT2D eigenvalue weighted by Crippen LogP contribution is -2.24. The number of nitrogens with zero attached hydrogens (tertiary/aromatic N) is 1. The molecule has 0 atom stereocenters. The predicted octanol–water partition coefficient (Wildman–Crippen LogP) is 3.93. The minimum absolute atomic E-state index is 0.296. The van der Waals surface area contributed by atoms with Crippen LogP contribution in [0.2, 0.25) is 0 Å². The molecular weight excluding hydrogens is 316 g/mol. The number of hydrogen-bond acceptors (Lipinski definition) is 4. The first-order valence-corrected chi connectivity index (χ1v) is 8.80. The van der Waals surface area contributed by atoms with Crippen LogP contribution >= 0.6 is 0 Å². The summed E-state index contributed by atoms with van der Waals surface area (Å²) in [4.78, 5) is 14.9. The molecule has 1 aromatic heterocycles. The minimum atomic E-state index is -0.690. The van der Waals surface area contributed by atoms with Gasteiger partial charge in [-0.2, -0.15) is 0 Å². The van der Waals surface area contributed by atoms with E-state index < -0.39 is 5.97 Å². The second-order valence-electron chi connectivity index (χ2n) is 6.55. The van der Waals surface area contributed by atoms with E-state index in [0.29, 0.717) is 24.9 Å². The number of nitrogens with one attached hydrogen (secondary N) is 1. The summed E-state index contributed by atoms with van der Waals surface area (Å²) in [6.07, 6.45) is 4.92. The Morgan fingerprint density at radius 1 is 1.20 bits per heavy atom. The van der Waals surface area contributed by atoms with Crippen molar-refractivity contribution in [1.82, 2.24) is 4.98 Å². The standard InChI is InChI=1S/C20H24N2O3/c23-20(24)14-15-12-17(13-15)16-5-7-18(8-6-16)25-11-3-10-22-19-4-1-2-9-21-19/h1-2,4-9,15,17H,3,10-14H2,(H,21,22)(H,23,24). The largest absolute Gasteiger partial charge is 0.494 e. The van der Waals surface area contributed by atoms with Crippen LogP contribution in [0.5, 0.6) is 5.75 Å². The van der Waals surface area contributed by atoms with Gasteiger partial charge in [-0.25, -0.2) is 4.98 Å². The molecule has 0 spiro atoms. The Hall–Kier alpha value is -2.56. The molecule has 1 fully saturated rings. The van der Waals surface area contributed by atoms with Crippen molar-refractivity contribution < 1.29 is 14.6 Å². The number of hydrogen-bond donors (Lipinski definition) is 2. The van der Waals surface area contributed by atoms with Crippen molar-refractivity contribution in [2.75, 3.05) is 18.5 Å². The molecule has 1 saturated carbocycles. The summed E-state index contributed by atoms with van der Waals surface area (Å²) in [5.41, 5.74) is 1.28. The van der Waals surface area contributed by atoms with E-state index in [1.807, 2.05) is 30.3 Å². The Bertz CT molecular complexity index is 667. The number of carboxylic acids is 1. The highest BCUT2D eigenvalue weighted by molar-refractivity contribution is 5.67. The van der Waals surface area contributed by atoms with Gasteiger partial charge in [-0.15, -0.1) is 0 Å². The molecule has 0 aliphatic heterocycles. The fraction of sp³-hybridized carbons (Fsp3) is 0.400. The third kappa shape index (κ3) is 5.21. The van der Waals surface area contributed by atoms with Gasteiger partial charge < -0.3 is 15.2 Å². The van der Waals surface area contributed by atoms with E-state index in [4.69, 9.17) is 9.84 Å². The average molecular weight is 340 g/mol. The van der Waals surface area contributed by atoms with Crippen molar-refractivity contribution in [2.24, 2.45) is 5.92 Å². The zero-order valence-electron chi connectivity index (χ0n) is 14.2. The van der Waals surface area contributed by atoms with Crippen LogP contribution in [0.25, 0.3) is 0 Å². The number of rotatable bonds is 9. The highest BCUT2D eigenvalue weighted by Crippen LogP contribution is 2.43. The zero-order chi connectivity index (χ0) is 17.5. The monoisotopic (exact) mass is 340 g/mol. The SMILES string of the molecule is O=C(O)CC1CC(c2ccc(OCCCNc3ccccn3)cc2)C1. The summed E-state index contributed by atoms with van der Waals surface area (Å²) in [6, 6.07) is 14.0. The highest BCUT2D eigenvalue weighted by Gasteiger charge is 2.31. The summed E-state index contributed by atoms with van der Waals surface area (Å²) < 4.78 is 5.77. The number of aromatic nitrogens is 1. The summed E-state index contributed by atoms with van der Waals surface area (Å²) >= 11 is 0. The molecule has 0 radical (unpaired) electrons. The lowest BCUT2D eigenvalue weighted by molar-refractivity contribution is -0.138. The van der Waals surface area contributed by atoms with Gasteiger partial charge in [0.05, 0.1) is 6.61 Å². The summed E-state index contributed by atoms with van der Waals surface area (Å²) in [5.74, 6) is 1.91. The van der Waals surface area contributed by atoms with Crippen LogP contribution in [0.3, 0.4) is 0 Å². The summed E-state index contributed by atoms with van der Waals surface area (Å²) in [6.45, 7) is 1.48. The topological polar surface area (TPSA) is 71.5 Å². The van der Waals surface area contributed by atoms with Crippen LogP contribution in [0, 0.1) is 5.92 Å². The minimum Gasteiger partial charge on any atom is -0.494 e. The van der Waals surface area contributed by atoms with E-state index in [2.05, 4.69) is 22.4 Å². The molecule has 1 heterocycles. The molecular formula is C20H24N2O3. The predicted molar refractivity (Wildman–Crippen MR) is 97.0 cm³/mol. The molecule has 132 valence electrons. The number of ether oxygens (including phenoxy) is 1. The fourth-order valence-corrected chi connectivity index (χ4v) is 3.20. The van der Waals surface area contributed by atoms with Crippen LogP contribution in [-0.2, 0) is 4.79 Å². The summed E-state index contributed by atoms with van der Waals surface area (Å²) in [5, 5.41) is 12.1. The fourth-order valence-electron chi connectivity index (χ4n) is 3.20. The van der Waals surface area contributed by atoms with Crippen LogP contribution in [0.15, 0.2) is 48.7 Å². The lowest BCUT2D eigenvalue weighted by atomic mass is 9.70. The van der Waals surface area contributed by atoms with Crippen molar-refractivity contribution in [3.05, 3.63) is 54.2 Å². The highest BCUT2D eigenvalue weighted by atomic mass is 16.5. The average Bonchev–Trinajstić information content (AvgIpc) is 2.59. The quantitative estimate of drug-likeness (QED) is 0.677. The number of aliphatic carboxylic acids is 1. The Balaban J connectivity index is 1.33. The summed E-state index contributed by atoms with van der Waals surface area (Å²) in [7, 11) is 0. The normalized spacial score (nSPS) is 19.0. The van der Waals surface area contributed by atoms with Gasteiger partial charge in [0.25, 0.3) is 0 Å². The Morgan fingerprint density at radius 2 is 2.00 bits per heavy atom. The first-order chi connectivity index (χ1) is 12.2. The van der Waals surface area contributed by atoms with Gasteiger partial charge in [-0.1, -0.05) is 18.2 Å². The van der Waals surface area contributed by atoms with Crippen molar-refractivity contribution in [1.29, 1.82) is 0 Å². The van der Waals surface area contributed by atoms with Crippen molar-refractivity contribution in [3.8, 4) is 5.75 Å². The Labute approximate surface area is 148 Å². The number of anilines is 1. The molecule has 5 heteroatoms. The van der Waals surface area contributed by atoms with Crippen LogP contribution < -0.4 is 10.1 Å². The number of carboxylic acid groups (broad SMARTS) is 1. The van der Waals surface area contributed by atoms with Gasteiger partial charge in [-0.05, 0) is 60.9 Å². The maximum absolute atomic E-state index is 10.7. The van der Waals surface area contributed by atoms with E-state index in [9.17, 15) is 4.79 Å². The molecule has 25 heavy (non-hydrogen) atoms. The first-order valence-electron chi connectivity index (χ1n) is 8.80. The molecule has 0 amide bonds. The second-order valence-corrected chi connectivity index (χ2v) is 6.55. The van der Waals surface area contributed by atoms with E-state index >= 15 is 0 Å². The molecule has 5 nitrogen and oxygen atoms in total. The molecule has 3 rings (SSSR count). The van der Waals surface area contributed by atoms with E-state index in [1.54, 1.807) is 6.20 Å². The van der Waals surface area contributed by atoms with Crippen molar-refractivity contribution >= 4 is 11.8 Å². The molecule has 2 aromatic rings.